The number of hydrogen-bond donors (Lipinski definition) is 3. The molecular weight excluding hydrogens is 350 g/mol. The lowest BCUT2D eigenvalue weighted by Crippen LogP contribution is -2.65. The van der Waals surface area contributed by atoms with Crippen molar-refractivity contribution in [1.29, 1.82) is 0 Å². The number of hydrogen-bond acceptors (Lipinski definition) is 5. The summed E-state index contributed by atoms with van der Waals surface area (Å²) in [5, 5.41) is 5.11. The minimum absolute atomic E-state index is 0.0821. The molecule has 0 aromatic heterocycles. The van der Waals surface area contributed by atoms with Crippen molar-refractivity contribution in [3.63, 3.8) is 0 Å². The second-order valence-corrected chi connectivity index (χ2v) is 9.13. The van der Waals surface area contributed by atoms with Gasteiger partial charge in [0, 0.05) is 12.5 Å². The van der Waals surface area contributed by atoms with Crippen molar-refractivity contribution in [3.05, 3.63) is 0 Å². The summed E-state index contributed by atoms with van der Waals surface area (Å²) in [7, 11) is 0. The van der Waals surface area contributed by atoms with Crippen molar-refractivity contribution in [3.8, 4) is 0 Å². The molecule has 4 aliphatic rings. The minimum Gasteiger partial charge on any atom is -0.452 e. The van der Waals surface area contributed by atoms with Crippen LogP contribution in [0.15, 0.2) is 0 Å². The fourth-order valence-corrected chi connectivity index (χ4v) is 5.95. The van der Waals surface area contributed by atoms with Gasteiger partial charge in [-0.25, -0.2) is 4.79 Å². The Bertz CT molecular complexity index is 660. The Morgan fingerprint density at radius 1 is 1.07 bits per heavy atom. The van der Waals surface area contributed by atoms with Gasteiger partial charge in [-0.1, -0.05) is 13.8 Å². The van der Waals surface area contributed by atoms with E-state index in [1.165, 1.54) is 6.92 Å². The van der Waals surface area contributed by atoms with Crippen LogP contribution in [0.3, 0.4) is 0 Å². The molecule has 8 nitrogen and oxygen atoms in total. The van der Waals surface area contributed by atoms with E-state index in [0.29, 0.717) is 18.3 Å². The van der Waals surface area contributed by atoms with Crippen LogP contribution in [-0.4, -0.2) is 35.5 Å². The van der Waals surface area contributed by atoms with E-state index in [-0.39, 0.29) is 17.4 Å². The molecule has 4 bridgehead atoms. The molecule has 150 valence electrons. The van der Waals surface area contributed by atoms with Crippen molar-refractivity contribution in [2.75, 3.05) is 0 Å². The molecule has 3 unspecified atom stereocenters. The van der Waals surface area contributed by atoms with E-state index < -0.39 is 29.4 Å². The number of carbonyl (C=O) groups is 4. The van der Waals surface area contributed by atoms with Crippen LogP contribution in [0.4, 0.5) is 4.79 Å². The quantitative estimate of drug-likeness (QED) is 0.619. The summed E-state index contributed by atoms with van der Waals surface area (Å²) >= 11 is 0. The van der Waals surface area contributed by atoms with Gasteiger partial charge < -0.3 is 15.8 Å². The molecule has 4 N–H and O–H groups in total. The number of urea groups is 1. The summed E-state index contributed by atoms with van der Waals surface area (Å²) in [5.41, 5.74) is 4.00. The lowest BCUT2D eigenvalue weighted by molar-refractivity contribution is -0.185. The summed E-state index contributed by atoms with van der Waals surface area (Å²) in [6, 6.07) is -0.971. The topological polar surface area (TPSA) is 128 Å². The van der Waals surface area contributed by atoms with Crippen molar-refractivity contribution in [1.82, 2.24) is 10.6 Å². The average molecular weight is 379 g/mol. The molecule has 4 fully saturated rings. The molecule has 4 amide bonds. The SMILES string of the molecule is CC(=O)NC12CC3CC(C1)CC(C(=O)OC(C(=O)NC(N)=O)C(C)C)(C3)C2. The van der Waals surface area contributed by atoms with Crippen LogP contribution < -0.4 is 16.4 Å². The monoisotopic (exact) mass is 379 g/mol. The van der Waals surface area contributed by atoms with Crippen LogP contribution in [-0.2, 0) is 19.1 Å². The zero-order valence-corrected chi connectivity index (χ0v) is 16.2. The van der Waals surface area contributed by atoms with Gasteiger partial charge in [0.1, 0.15) is 0 Å². The highest BCUT2D eigenvalue weighted by Crippen LogP contribution is 2.62. The Morgan fingerprint density at radius 3 is 2.15 bits per heavy atom. The highest BCUT2D eigenvalue weighted by atomic mass is 16.6. The van der Waals surface area contributed by atoms with Gasteiger partial charge in [-0.15, -0.1) is 0 Å². The standard InChI is InChI=1S/C19H29N3O5/c1-10(2)14(15(24)21-17(20)26)27-16(25)18-5-12-4-13(6-18)8-19(7-12,9-18)22-11(3)23/h10,12-14H,4-9H2,1-3H3,(H,22,23)(H3,20,21,24,26). The molecule has 27 heavy (non-hydrogen) atoms. The third kappa shape index (κ3) is 3.80. The number of imide groups is 1. The molecule has 0 saturated heterocycles. The Balaban J connectivity index is 1.80. The number of rotatable bonds is 5. The average Bonchev–Trinajstić information content (AvgIpc) is 2.48. The third-order valence-electron chi connectivity index (χ3n) is 6.28. The number of amides is 4. The first-order chi connectivity index (χ1) is 12.5. The normalized spacial score (nSPS) is 34.8. The summed E-state index contributed by atoms with van der Waals surface area (Å²) in [4.78, 5) is 48.2. The number of nitrogens with two attached hydrogens (primary N) is 1. The predicted molar refractivity (Wildman–Crippen MR) is 96.1 cm³/mol. The molecule has 4 aliphatic carbocycles. The van der Waals surface area contributed by atoms with Gasteiger partial charge in [-0.3, -0.25) is 19.7 Å². The molecule has 0 spiro atoms. The number of carbonyl (C=O) groups excluding carboxylic acids is 4. The smallest absolute Gasteiger partial charge is 0.318 e. The maximum absolute atomic E-state index is 13.2. The van der Waals surface area contributed by atoms with Crippen LogP contribution in [0.5, 0.6) is 0 Å². The van der Waals surface area contributed by atoms with Crippen molar-refractivity contribution in [2.24, 2.45) is 28.9 Å². The molecule has 0 aromatic rings. The second-order valence-electron chi connectivity index (χ2n) is 9.13. The fraction of sp³-hybridized carbons (Fsp3) is 0.789. The number of ether oxygens (including phenoxy) is 1. The van der Waals surface area contributed by atoms with E-state index in [1.54, 1.807) is 13.8 Å². The Morgan fingerprint density at radius 2 is 1.67 bits per heavy atom. The maximum Gasteiger partial charge on any atom is 0.318 e. The van der Waals surface area contributed by atoms with Crippen LogP contribution >= 0.6 is 0 Å². The van der Waals surface area contributed by atoms with E-state index >= 15 is 0 Å². The van der Waals surface area contributed by atoms with Crippen molar-refractivity contribution < 1.29 is 23.9 Å². The van der Waals surface area contributed by atoms with Gasteiger partial charge >= 0.3 is 12.0 Å². The van der Waals surface area contributed by atoms with E-state index in [4.69, 9.17) is 10.5 Å². The lowest BCUT2D eigenvalue weighted by Gasteiger charge is -2.60. The molecule has 8 heteroatoms. The highest BCUT2D eigenvalue weighted by Gasteiger charge is 2.62. The zero-order valence-electron chi connectivity index (χ0n) is 16.2. The molecule has 0 heterocycles. The summed E-state index contributed by atoms with van der Waals surface area (Å²) < 4.78 is 5.64. The largest absolute Gasteiger partial charge is 0.452 e. The Labute approximate surface area is 158 Å². The van der Waals surface area contributed by atoms with E-state index in [0.717, 1.165) is 32.1 Å². The molecular formula is C19H29N3O5. The van der Waals surface area contributed by atoms with E-state index in [2.05, 4.69) is 5.32 Å². The first kappa shape index (κ1) is 19.6. The maximum atomic E-state index is 13.2. The molecule has 0 radical (unpaired) electrons. The van der Waals surface area contributed by atoms with Gasteiger partial charge in [0.2, 0.25) is 5.91 Å². The van der Waals surface area contributed by atoms with Gasteiger partial charge in [-0.05, 0) is 56.3 Å². The van der Waals surface area contributed by atoms with Crippen LogP contribution in [0.25, 0.3) is 0 Å². The lowest BCUT2D eigenvalue weighted by atomic mass is 9.47. The van der Waals surface area contributed by atoms with E-state index in [9.17, 15) is 19.2 Å². The molecule has 0 aromatic carbocycles. The number of primary amides is 1. The predicted octanol–water partition coefficient (Wildman–Crippen LogP) is 1.22. The van der Waals surface area contributed by atoms with Gasteiger partial charge in [-0.2, -0.15) is 0 Å². The third-order valence-corrected chi connectivity index (χ3v) is 6.28. The van der Waals surface area contributed by atoms with Crippen LogP contribution in [0.2, 0.25) is 0 Å². The first-order valence-corrected chi connectivity index (χ1v) is 9.64. The second kappa shape index (κ2) is 6.80. The van der Waals surface area contributed by atoms with Gasteiger partial charge in [0.25, 0.3) is 5.91 Å². The summed E-state index contributed by atoms with van der Waals surface area (Å²) in [6.07, 6.45) is 3.80. The zero-order chi connectivity index (χ0) is 20.0. The first-order valence-electron chi connectivity index (χ1n) is 9.64. The van der Waals surface area contributed by atoms with Crippen molar-refractivity contribution in [2.45, 2.75) is 70.9 Å². The molecule has 0 aliphatic heterocycles. The van der Waals surface area contributed by atoms with Crippen LogP contribution in [0, 0.1) is 23.2 Å². The van der Waals surface area contributed by atoms with Crippen molar-refractivity contribution >= 4 is 23.8 Å². The van der Waals surface area contributed by atoms with Gasteiger partial charge in [0.05, 0.1) is 5.41 Å². The molecule has 4 saturated carbocycles. The Kier molecular flexibility index (Phi) is 4.94. The Hall–Kier alpha value is -2.12. The van der Waals surface area contributed by atoms with Crippen LogP contribution in [0.1, 0.15) is 59.3 Å². The number of nitrogens with one attached hydrogen (secondary N) is 2. The van der Waals surface area contributed by atoms with E-state index in [1.807, 2.05) is 5.32 Å². The summed E-state index contributed by atoms with van der Waals surface area (Å²) in [6.45, 7) is 5.00. The minimum atomic E-state index is -1.07. The number of esters is 1. The highest BCUT2D eigenvalue weighted by molar-refractivity contribution is 5.97. The molecule has 3 atom stereocenters. The van der Waals surface area contributed by atoms with Gasteiger partial charge in [0.15, 0.2) is 6.10 Å². The fourth-order valence-electron chi connectivity index (χ4n) is 5.95. The molecule has 4 rings (SSSR count). The summed E-state index contributed by atoms with van der Waals surface area (Å²) in [5.74, 6) is -0.727.